The van der Waals surface area contributed by atoms with Crippen molar-refractivity contribution in [2.24, 2.45) is 0 Å². The van der Waals surface area contributed by atoms with Gasteiger partial charge in [0.15, 0.2) is 0 Å². The molecule has 5 nitrogen and oxygen atoms in total. The van der Waals surface area contributed by atoms with Crippen molar-refractivity contribution in [2.75, 3.05) is 26.2 Å². The van der Waals surface area contributed by atoms with Crippen LogP contribution in [0.15, 0.2) is 42.5 Å². The topological polar surface area (TPSA) is 52.7 Å². The Morgan fingerprint density at radius 1 is 0.968 bits per heavy atom. The highest BCUT2D eigenvalue weighted by Gasteiger charge is 2.36. The molecule has 0 spiro atoms. The number of aryl methyl sites for hydroxylation is 2. The van der Waals surface area contributed by atoms with E-state index in [0.29, 0.717) is 6.54 Å². The third kappa shape index (κ3) is 4.99. The Bertz CT molecular complexity index is 949. The van der Waals surface area contributed by atoms with Crippen molar-refractivity contribution >= 4 is 11.8 Å². The Balaban J connectivity index is 1.46. The van der Waals surface area contributed by atoms with Gasteiger partial charge in [-0.2, -0.15) is 0 Å². The lowest BCUT2D eigenvalue weighted by Gasteiger charge is -2.39. The molecule has 0 bridgehead atoms. The molecule has 2 aromatic carbocycles. The van der Waals surface area contributed by atoms with Crippen LogP contribution < -0.4 is 5.32 Å². The van der Waals surface area contributed by atoms with Crippen LogP contribution in [0.4, 0.5) is 0 Å². The Morgan fingerprint density at radius 2 is 1.74 bits per heavy atom. The van der Waals surface area contributed by atoms with Crippen molar-refractivity contribution in [1.82, 2.24) is 15.1 Å². The number of rotatable bonds is 5. The van der Waals surface area contributed by atoms with Gasteiger partial charge in [-0.15, -0.1) is 0 Å². The minimum atomic E-state index is -0.365. The first kappa shape index (κ1) is 21.6. The van der Waals surface area contributed by atoms with Crippen LogP contribution in [-0.2, 0) is 22.6 Å². The highest BCUT2D eigenvalue weighted by Crippen LogP contribution is 2.32. The molecule has 0 aromatic heterocycles. The lowest BCUT2D eigenvalue weighted by Crippen LogP contribution is -2.50. The Hall–Kier alpha value is -2.66. The fourth-order valence-electron chi connectivity index (χ4n) is 4.72. The zero-order valence-electron chi connectivity index (χ0n) is 18.7. The van der Waals surface area contributed by atoms with Gasteiger partial charge in [-0.1, -0.05) is 42.5 Å². The van der Waals surface area contributed by atoms with Crippen LogP contribution in [0, 0.1) is 13.8 Å². The molecule has 1 atom stereocenters. The number of carbonyl (C=O) groups is 2. The first-order valence-corrected chi connectivity index (χ1v) is 11.5. The van der Waals surface area contributed by atoms with Crippen LogP contribution in [0.5, 0.6) is 0 Å². The van der Waals surface area contributed by atoms with Crippen LogP contribution in [0.3, 0.4) is 0 Å². The van der Waals surface area contributed by atoms with Crippen molar-refractivity contribution in [1.29, 1.82) is 0 Å². The van der Waals surface area contributed by atoms with Crippen molar-refractivity contribution in [3.8, 4) is 0 Å². The summed E-state index contributed by atoms with van der Waals surface area (Å²) in [6, 6.07) is 14.1. The van der Waals surface area contributed by atoms with Gasteiger partial charge in [0, 0.05) is 26.2 Å². The molecule has 31 heavy (non-hydrogen) atoms. The van der Waals surface area contributed by atoms with Gasteiger partial charge in [0.25, 0.3) is 0 Å². The zero-order valence-corrected chi connectivity index (χ0v) is 18.7. The molecule has 1 saturated heterocycles. The van der Waals surface area contributed by atoms with Gasteiger partial charge in [0.2, 0.25) is 11.8 Å². The van der Waals surface area contributed by atoms with Gasteiger partial charge < -0.3 is 10.2 Å². The average molecular weight is 420 g/mol. The smallest absolute Gasteiger partial charge is 0.244 e. The predicted octanol–water partition coefficient (Wildman–Crippen LogP) is 3.53. The summed E-state index contributed by atoms with van der Waals surface area (Å²) in [6.07, 6.45) is 4.19. The van der Waals surface area contributed by atoms with Crippen molar-refractivity contribution < 1.29 is 9.59 Å². The van der Waals surface area contributed by atoms with Crippen molar-refractivity contribution in [3.63, 3.8) is 0 Å². The van der Waals surface area contributed by atoms with Crippen molar-refractivity contribution in [2.45, 2.75) is 52.1 Å². The molecule has 2 amide bonds. The number of benzene rings is 2. The van der Waals surface area contributed by atoms with Gasteiger partial charge in [0.05, 0.1) is 6.54 Å². The predicted molar refractivity (Wildman–Crippen MR) is 123 cm³/mol. The molecule has 1 N–H and O–H groups in total. The molecule has 2 aliphatic rings. The summed E-state index contributed by atoms with van der Waals surface area (Å²) in [4.78, 5) is 30.4. The number of amides is 2. The van der Waals surface area contributed by atoms with E-state index in [9.17, 15) is 9.59 Å². The SMILES string of the molecule is Cc1ccc(CNC(=O)CN2CCc3ccccc3[C@H]2C(=O)N2CCCCC2)cc1C. The van der Waals surface area contributed by atoms with Crippen LogP contribution >= 0.6 is 0 Å². The van der Waals surface area contributed by atoms with Crippen LogP contribution in [0.2, 0.25) is 0 Å². The summed E-state index contributed by atoms with van der Waals surface area (Å²) in [5, 5.41) is 3.05. The standard InChI is InChI=1S/C26H33N3O2/c1-19-10-11-21(16-20(19)2)17-27-24(30)18-29-15-12-22-8-4-5-9-23(22)25(29)26(31)28-13-6-3-7-14-28/h4-5,8-11,16,25H,3,6-7,12-15,17-18H2,1-2H3,(H,27,30)/t25-/m0/s1. The van der Waals surface area contributed by atoms with E-state index >= 15 is 0 Å². The fraction of sp³-hybridized carbons (Fsp3) is 0.462. The number of likely N-dealkylation sites (tertiary alicyclic amines) is 1. The lowest BCUT2D eigenvalue weighted by molar-refractivity contribution is -0.139. The molecule has 0 unspecified atom stereocenters. The van der Waals surface area contributed by atoms with E-state index in [1.165, 1.54) is 23.1 Å². The molecular formula is C26H33N3O2. The molecule has 0 aliphatic carbocycles. The molecule has 1 fully saturated rings. The van der Waals surface area contributed by atoms with Gasteiger partial charge >= 0.3 is 0 Å². The number of hydrogen-bond donors (Lipinski definition) is 1. The third-order valence-corrected chi connectivity index (χ3v) is 6.69. The minimum Gasteiger partial charge on any atom is -0.351 e. The second-order valence-corrected chi connectivity index (χ2v) is 8.90. The number of nitrogens with zero attached hydrogens (tertiary/aromatic N) is 2. The molecule has 4 rings (SSSR count). The Morgan fingerprint density at radius 3 is 2.52 bits per heavy atom. The van der Waals surface area contributed by atoms with Gasteiger partial charge in [-0.25, -0.2) is 0 Å². The minimum absolute atomic E-state index is 0.0333. The summed E-state index contributed by atoms with van der Waals surface area (Å²) < 4.78 is 0. The van der Waals surface area contributed by atoms with Gasteiger partial charge in [-0.3, -0.25) is 14.5 Å². The van der Waals surface area contributed by atoms with Crippen LogP contribution in [-0.4, -0.2) is 47.8 Å². The summed E-state index contributed by atoms with van der Waals surface area (Å²) in [6.45, 7) is 7.29. The number of hydrogen-bond acceptors (Lipinski definition) is 3. The normalized spacial score (nSPS) is 19.0. The largest absolute Gasteiger partial charge is 0.351 e. The number of nitrogens with one attached hydrogen (secondary N) is 1. The van der Waals surface area contributed by atoms with E-state index in [0.717, 1.165) is 50.0 Å². The fourth-order valence-corrected chi connectivity index (χ4v) is 4.72. The monoisotopic (exact) mass is 419 g/mol. The molecular weight excluding hydrogens is 386 g/mol. The Kier molecular flexibility index (Phi) is 6.71. The molecule has 164 valence electrons. The average Bonchev–Trinajstić information content (AvgIpc) is 2.80. The summed E-state index contributed by atoms with van der Waals surface area (Å²) in [5.74, 6) is 0.114. The van der Waals surface area contributed by atoms with E-state index < -0.39 is 0 Å². The van der Waals surface area contributed by atoms with Gasteiger partial charge in [-0.05, 0) is 67.3 Å². The maximum Gasteiger partial charge on any atom is 0.244 e. The molecule has 2 aromatic rings. The lowest BCUT2D eigenvalue weighted by atomic mass is 9.91. The zero-order chi connectivity index (χ0) is 21.8. The second-order valence-electron chi connectivity index (χ2n) is 8.90. The van der Waals surface area contributed by atoms with E-state index in [1.807, 2.05) is 17.0 Å². The van der Waals surface area contributed by atoms with E-state index in [1.54, 1.807) is 0 Å². The van der Waals surface area contributed by atoms with E-state index in [-0.39, 0.29) is 24.4 Å². The van der Waals surface area contributed by atoms with E-state index in [4.69, 9.17) is 0 Å². The third-order valence-electron chi connectivity index (χ3n) is 6.69. The maximum atomic E-state index is 13.5. The first-order valence-electron chi connectivity index (χ1n) is 11.5. The first-order chi connectivity index (χ1) is 15.0. The quantitative estimate of drug-likeness (QED) is 0.807. The molecule has 0 saturated carbocycles. The van der Waals surface area contributed by atoms with Gasteiger partial charge in [0.1, 0.15) is 6.04 Å². The molecule has 2 aliphatic heterocycles. The highest BCUT2D eigenvalue weighted by atomic mass is 16.2. The highest BCUT2D eigenvalue weighted by molar-refractivity contribution is 5.85. The van der Waals surface area contributed by atoms with Crippen molar-refractivity contribution in [3.05, 3.63) is 70.3 Å². The molecule has 2 heterocycles. The van der Waals surface area contributed by atoms with Crippen LogP contribution in [0.1, 0.15) is 53.1 Å². The summed E-state index contributed by atoms with van der Waals surface area (Å²) in [7, 11) is 0. The number of carbonyl (C=O) groups excluding carboxylic acids is 2. The number of fused-ring (bicyclic) bond motifs is 1. The molecule has 5 heteroatoms. The van der Waals surface area contributed by atoms with E-state index in [2.05, 4.69) is 54.4 Å². The second kappa shape index (κ2) is 9.65. The summed E-state index contributed by atoms with van der Waals surface area (Å²) in [5.41, 5.74) is 5.87. The molecule has 0 radical (unpaired) electrons. The maximum absolute atomic E-state index is 13.5. The number of piperidine rings is 1. The van der Waals surface area contributed by atoms with Crippen LogP contribution in [0.25, 0.3) is 0 Å². The Labute approximate surface area is 185 Å². The summed E-state index contributed by atoms with van der Waals surface area (Å²) >= 11 is 0.